The van der Waals surface area contributed by atoms with Crippen molar-refractivity contribution in [2.45, 2.75) is 69.2 Å². The van der Waals surface area contributed by atoms with E-state index in [4.69, 9.17) is 0 Å². The first kappa shape index (κ1) is 82.6. The normalized spacial score (nSPS) is 10.6. The van der Waals surface area contributed by atoms with Gasteiger partial charge in [0.05, 0.1) is 22.7 Å². The van der Waals surface area contributed by atoms with E-state index >= 15 is 0 Å². The second-order valence-corrected chi connectivity index (χ2v) is 27.9. The second-order valence-electron chi connectivity index (χ2n) is 27.9. The predicted octanol–water partition coefficient (Wildman–Crippen LogP) is 30.3. The molecule has 5 nitrogen and oxygen atoms in total. The Hall–Kier alpha value is -13.4. The molecule has 0 saturated carbocycles. The van der Waals surface area contributed by atoms with Gasteiger partial charge in [-0.15, -0.1) is 0 Å². The summed E-state index contributed by atoms with van der Waals surface area (Å²) in [7, 11) is 0. The molecule has 580 valence electrons. The van der Waals surface area contributed by atoms with E-state index in [1.165, 1.54) is 78.9 Å². The van der Waals surface area contributed by atoms with Gasteiger partial charge < -0.3 is 24.5 Å². The molecule has 15 rings (SSSR count). The molecule has 0 fully saturated rings. The van der Waals surface area contributed by atoms with Gasteiger partial charge in [-0.05, 0) is 303 Å². The van der Waals surface area contributed by atoms with Crippen molar-refractivity contribution in [1.82, 2.24) is 0 Å². The molecule has 15 aromatic rings. The Morgan fingerprint density at radius 3 is 0.713 bits per heavy atom. The first-order valence-electron chi connectivity index (χ1n) is 37.2. The van der Waals surface area contributed by atoms with Crippen molar-refractivity contribution < 1.29 is 43.9 Å². The zero-order chi connectivity index (χ0) is 82.0. The van der Waals surface area contributed by atoms with Gasteiger partial charge in [0.1, 0.15) is 58.2 Å². The van der Waals surface area contributed by atoms with Gasteiger partial charge in [0.15, 0.2) is 0 Å². The molecular formula is C100H85F10N5. The highest BCUT2D eigenvalue weighted by molar-refractivity contribution is 5.82. The maximum Gasteiger partial charge on any atom is 0.147 e. The first-order valence-corrected chi connectivity index (χ1v) is 37.2. The third kappa shape index (κ3) is 21.4. The highest BCUT2D eigenvalue weighted by Gasteiger charge is 2.23. The largest absolute Gasteiger partial charge is 0.310 e. The fourth-order valence-electron chi connectivity index (χ4n) is 12.5. The molecule has 0 amide bonds. The summed E-state index contributed by atoms with van der Waals surface area (Å²) in [5.41, 5.74) is 18.4. The zero-order valence-electron chi connectivity index (χ0n) is 65.3. The molecule has 0 heterocycles. The molecular weight excluding hydrogens is 1460 g/mol. The van der Waals surface area contributed by atoms with Crippen molar-refractivity contribution in [3.05, 3.63) is 447 Å². The minimum atomic E-state index is -0.395. The number of para-hydroxylation sites is 2. The maximum absolute atomic E-state index is 14.5. The lowest BCUT2D eigenvalue weighted by Crippen LogP contribution is -2.13. The molecule has 0 unspecified atom stereocenters. The number of halogens is 10. The number of anilines is 15. The summed E-state index contributed by atoms with van der Waals surface area (Å²) >= 11 is 0. The van der Waals surface area contributed by atoms with E-state index in [9.17, 15) is 43.9 Å². The Morgan fingerprint density at radius 1 is 0.148 bits per heavy atom. The standard InChI is InChI=1S/5C20H17F2N/c1-14-3-8-17(9-4-14)23(18-11-6-16(21)7-12-18)19-10-5-15(2)20(22)13-19;1-14-6-9-17(10-7-14)23(18-5-3-4-16(21)12-18)19-11-8-15(2)20(22)13-19;1-14-6-9-17(10-7-14)23(18-5-3-4-16(21)13-18)20-11-8-15(2)12-19(20)22;1-14-7-10-16(11-8-14)23(20-6-4-3-5-18(20)21)17-12-9-15(2)19(22)13-17;1-14-7-10-16(11-8-14)23(19-6-4-3-5-17(19)21)20-12-9-15(2)13-18(20)22/h5*3-13H,1-2H3. The van der Waals surface area contributed by atoms with Crippen molar-refractivity contribution >= 4 is 85.3 Å². The van der Waals surface area contributed by atoms with Gasteiger partial charge in [0.25, 0.3) is 0 Å². The topological polar surface area (TPSA) is 16.2 Å². The molecule has 15 aromatic carbocycles. The average molecular weight is 1550 g/mol. The van der Waals surface area contributed by atoms with Gasteiger partial charge >= 0.3 is 0 Å². The summed E-state index contributed by atoms with van der Waals surface area (Å²) in [6.45, 7) is 18.8. The second kappa shape index (κ2) is 38.2. The van der Waals surface area contributed by atoms with E-state index in [-0.39, 0.29) is 52.4 Å². The molecule has 0 aliphatic rings. The minimum Gasteiger partial charge on any atom is -0.310 e. The Balaban J connectivity index is 0.000000142. The van der Waals surface area contributed by atoms with Crippen LogP contribution in [0.5, 0.6) is 0 Å². The van der Waals surface area contributed by atoms with Gasteiger partial charge in [-0.2, -0.15) is 0 Å². The van der Waals surface area contributed by atoms with Crippen molar-refractivity contribution in [2.24, 2.45) is 0 Å². The number of nitrogens with zero attached hydrogens (tertiary/aromatic N) is 5. The summed E-state index contributed by atoms with van der Waals surface area (Å²) in [6, 6.07) is 95.4. The summed E-state index contributed by atoms with van der Waals surface area (Å²) in [5, 5.41) is 0. The van der Waals surface area contributed by atoms with Gasteiger partial charge in [0, 0.05) is 62.6 Å². The maximum atomic E-state index is 14.5. The molecule has 115 heavy (non-hydrogen) atoms. The van der Waals surface area contributed by atoms with Gasteiger partial charge in [-0.3, -0.25) is 0 Å². The SMILES string of the molecule is Cc1ccc(N(c2ccc(C)c(F)c2)c2ccccc2F)cc1.Cc1ccc(N(c2ccc(F)cc2)c2ccc(C)c(F)c2)cc1.Cc1ccc(N(c2cccc(F)c2)c2ccc(C)c(F)c2)cc1.Cc1ccc(N(c2cccc(F)c2)c2ccc(C)cc2F)cc1.Cc1ccc(N(c2ccccc2F)c2ccc(C)cc2F)cc1. The summed E-state index contributed by atoms with van der Waals surface area (Å²) in [4.78, 5) is 8.78. The third-order valence-corrected chi connectivity index (χ3v) is 18.8. The highest BCUT2D eigenvalue weighted by atomic mass is 19.2. The lowest BCUT2D eigenvalue weighted by Gasteiger charge is -2.26. The lowest BCUT2D eigenvalue weighted by molar-refractivity contribution is 0.617. The Labute approximate surface area is 666 Å². The van der Waals surface area contributed by atoms with Crippen LogP contribution in [-0.4, -0.2) is 0 Å². The summed E-state index contributed by atoms with van der Waals surface area (Å²) in [6.07, 6.45) is 0. The van der Waals surface area contributed by atoms with E-state index in [2.05, 4.69) is 0 Å². The Morgan fingerprint density at radius 2 is 0.391 bits per heavy atom. The van der Waals surface area contributed by atoms with E-state index in [1.807, 2.05) is 204 Å². The Bertz CT molecular complexity index is 5670. The van der Waals surface area contributed by atoms with Crippen molar-refractivity contribution in [3.63, 3.8) is 0 Å². The molecule has 0 radical (unpaired) electrons. The quantitative estimate of drug-likeness (QED) is 0.0948. The van der Waals surface area contributed by atoms with Gasteiger partial charge in [-0.1, -0.05) is 155 Å². The van der Waals surface area contributed by atoms with Crippen LogP contribution in [0.4, 0.5) is 129 Å². The zero-order valence-corrected chi connectivity index (χ0v) is 65.3. The monoisotopic (exact) mass is 1550 g/mol. The summed E-state index contributed by atoms with van der Waals surface area (Å²) in [5.74, 6) is -3.30. The van der Waals surface area contributed by atoms with Crippen molar-refractivity contribution in [1.29, 1.82) is 0 Å². The van der Waals surface area contributed by atoms with Crippen LogP contribution in [0.1, 0.15) is 55.6 Å². The third-order valence-electron chi connectivity index (χ3n) is 18.8. The summed E-state index contributed by atoms with van der Waals surface area (Å²) < 4.78 is 140. The number of rotatable bonds is 15. The fourth-order valence-corrected chi connectivity index (χ4v) is 12.5. The van der Waals surface area contributed by atoms with Gasteiger partial charge in [0.2, 0.25) is 0 Å². The van der Waals surface area contributed by atoms with Crippen molar-refractivity contribution in [3.8, 4) is 0 Å². The van der Waals surface area contributed by atoms with Crippen LogP contribution >= 0.6 is 0 Å². The van der Waals surface area contributed by atoms with Crippen molar-refractivity contribution in [2.75, 3.05) is 24.5 Å². The number of hydrogen-bond donors (Lipinski definition) is 0. The Kier molecular flexibility index (Phi) is 27.4. The van der Waals surface area contributed by atoms with E-state index in [1.54, 1.807) is 145 Å². The smallest absolute Gasteiger partial charge is 0.147 e. The van der Waals surface area contributed by atoms with Crippen LogP contribution in [0.3, 0.4) is 0 Å². The van der Waals surface area contributed by atoms with Crippen LogP contribution in [0.15, 0.2) is 334 Å². The van der Waals surface area contributed by atoms with Crippen LogP contribution in [0, 0.1) is 127 Å². The molecule has 0 saturated heterocycles. The van der Waals surface area contributed by atoms with E-state index in [0.717, 1.165) is 67.4 Å². The molecule has 0 aliphatic carbocycles. The average Bonchev–Trinajstić information content (AvgIpc) is 0.779. The van der Waals surface area contributed by atoms with Crippen LogP contribution < -0.4 is 24.5 Å². The number of aryl methyl sites for hydroxylation is 10. The minimum absolute atomic E-state index is 0.262. The molecule has 0 aliphatic heterocycles. The number of hydrogen-bond acceptors (Lipinski definition) is 5. The first-order chi connectivity index (χ1) is 55.2. The van der Waals surface area contributed by atoms with Crippen LogP contribution in [0.25, 0.3) is 0 Å². The molecule has 0 bridgehead atoms. The van der Waals surface area contributed by atoms with Crippen LogP contribution in [0.2, 0.25) is 0 Å². The molecule has 15 heteroatoms. The van der Waals surface area contributed by atoms with Crippen LogP contribution in [-0.2, 0) is 0 Å². The molecule has 0 aromatic heterocycles. The highest BCUT2D eigenvalue weighted by Crippen LogP contribution is 2.43. The number of benzene rings is 15. The van der Waals surface area contributed by atoms with Gasteiger partial charge in [-0.25, -0.2) is 43.9 Å². The molecule has 0 spiro atoms. The fraction of sp³-hybridized carbons (Fsp3) is 0.100. The molecule has 0 N–H and O–H groups in total. The molecule has 0 atom stereocenters. The lowest BCUT2D eigenvalue weighted by atomic mass is 10.1. The van der Waals surface area contributed by atoms with E-state index < -0.39 is 5.82 Å². The predicted molar refractivity (Wildman–Crippen MR) is 453 cm³/mol. The van der Waals surface area contributed by atoms with E-state index in [0.29, 0.717) is 73.6 Å².